The van der Waals surface area contributed by atoms with E-state index in [-0.39, 0.29) is 12.6 Å². The van der Waals surface area contributed by atoms with Gasteiger partial charge in [-0.1, -0.05) is 6.08 Å². The summed E-state index contributed by atoms with van der Waals surface area (Å²) in [6, 6.07) is 0. The fraction of sp³-hybridized carbons (Fsp3) is 0.722. The van der Waals surface area contributed by atoms with Gasteiger partial charge in [-0.15, -0.1) is 4.37 Å². The van der Waals surface area contributed by atoms with Gasteiger partial charge in [-0.05, 0) is 19.0 Å². The van der Waals surface area contributed by atoms with Crippen molar-refractivity contribution in [3.8, 4) is 5.88 Å². The molecule has 0 N–H and O–H groups in total. The summed E-state index contributed by atoms with van der Waals surface area (Å²) < 4.78 is 35.2. The van der Waals surface area contributed by atoms with Crippen LogP contribution in [0.15, 0.2) is 6.08 Å². The molecule has 0 radical (unpaired) electrons. The second-order valence-electron chi connectivity index (χ2n) is 6.20. The molecule has 0 aliphatic carbocycles. The van der Waals surface area contributed by atoms with Crippen LogP contribution in [0.25, 0.3) is 5.57 Å². The highest BCUT2D eigenvalue weighted by Crippen LogP contribution is 2.26. The Bertz CT molecular complexity index is 610. The standard InChI is InChI=1S/C18H29N3O6S/c1-15(22)26-12-10-24-8-6-23-7-9-25-11-13-27-18-17(19-28-20-18)16-4-3-5-21(2)14-16/h4H,3,5-14H2,1-2H3. The maximum Gasteiger partial charge on any atom is 0.302 e. The molecule has 1 aliphatic heterocycles. The minimum Gasteiger partial charge on any atom is -0.473 e. The zero-order valence-corrected chi connectivity index (χ0v) is 17.4. The Morgan fingerprint density at radius 1 is 1.04 bits per heavy atom. The molecule has 1 aliphatic rings. The molecular formula is C18H29N3O6S. The highest BCUT2D eigenvalue weighted by atomic mass is 32.1. The van der Waals surface area contributed by atoms with Crippen LogP contribution in [-0.2, 0) is 23.7 Å². The van der Waals surface area contributed by atoms with Gasteiger partial charge in [0.05, 0.1) is 51.4 Å². The Balaban J connectivity index is 1.46. The monoisotopic (exact) mass is 415 g/mol. The van der Waals surface area contributed by atoms with Crippen molar-refractivity contribution in [3.63, 3.8) is 0 Å². The van der Waals surface area contributed by atoms with Crippen molar-refractivity contribution < 1.29 is 28.5 Å². The largest absolute Gasteiger partial charge is 0.473 e. The van der Waals surface area contributed by atoms with Gasteiger partial charge in [0.15, 0.2) is 0 Å². The molecule has 28 heavy (non-hydrogen) atoms. The number of rotatable bonds is 14. The molecule has 0 aromatic carbocycles. The Morgan fingerprint density at radius 3 is 2.32 bits per heavy atom. The first kappa shape index (κ1) is 22.7. The maximum absolute atomic E-state index is 10.6. The SMILES string of the molecule is CC(=O)OCCOCCOCCOCCOc1nsnc1C1=CCCN(C)C1. The predicted molar refractivity (Wildman–Crippen MR) is 105 cm³/mol. The molecule has 0 atom stereocenters. The van der Waals surface area contributed by atoms with Crippen molar-refractivity contribution in [2.24, 2.45) is 0 Å². The van der Waals surface area contributed by atoms with E-state index in [1.165, 1.54) is 24.2 Å². The quantitative estimate of drug-likeness (QED) is 0.329. The minimum atomic E-state index is -0.304. The highest BCUT2D eigenvalue weighted by Gasteiger charge is 2.18. The van der Waals surface area contributed by atoms with Gasteiger partial charge in [-0.3, -0.25) is 4.79 Å². The molecule has 1 aromatic rings. The summed E-state index contributed by atoms with van der Waals surface area (Å²) in [6.07, 6.45) is 3.22. The van der Waals surface area contributed by atoms with E-state index < -0.39 is 0 Å². The first-order valence-electron chi connectivity index (χ1n) is 9.36. The molecule has 0 spiro atoms. The average Bonchev–Trinajstić information content (AvgIpc) is 3.14. The lowest BCUT2D eigenvalue weighted by Gasteiger charge is -2.22. The third-order valence-corrected chi connectivity index (χ3v) is 4.36. The van der Waals surface area contributed by atoms with Crippen molar-refractivity contribution in [2.45, 2.75) is 13.3 Å². The van der Waals surface area contributed by atoms with Gasteiger partial charge in [0.2, 0.25) is 0 Å². The van der Waals surface area contributed by atoms with Gasteiger partial charge in [-0.2, -0.15) is 4.37 Å². The molecule has 0 bridgehead atoms. The molecule has 0 saturated heterocycles. The van der Waals surface area contributed by atoms with E-state index in [0.717, 1.165) is 25.2 Å². The molecule has 158 valence electrons. The molecule has 10 heteroatoms. The predicted octanol–water partition coefficient (Wildman–Crippen LogP) is 1.25. The molecule has 0 saturated carbocycles. The molecule has 0 unspecified atom stereocenters. The second-order valence-corrected chi connectivity index (χ2v) is 6.73. The molecule has 2 heterocycles. The Kier molecular flexibility index (Phi) is 11.0. The number of esters is 1. The molecule has 2 rings (SSSR count). The summed E-state index contributed by atoms with van der Waals surface area (Å²) in [5, 5.41) is 0. The van der Waals surface area contributed by atoms with Gasteiger partial charge in [0, 0.05) is 20.0 Å². The molecule has 0 fully saturated rings. The van der Waals surface area contributed by atoms with Crippen LogP contribution in [0.5, 0.6) is 5.88 Å². The summed E-state index contributed by atoms with van der Waals surface area (Å²) in [6.45, 7) is 6.70. The lowest BCUT2D eigenvalue weighted by atomic mass is 10.1. The summed E-state index contributed by atoms with van der Waals surface area (Å²) in [4.78, 5) is 12.8. The van der Waals surface area contributed by atoms with Crippen LogP contribution < -0.4 is 4.74 Å². The number of nitrogens with zero attached hydrogens (tertiary/aromatic N) is 3. The summed E-state index contributed by atoms with van der Waals surface area (Å²) in [5.74, 6) is 0.277. The number of hydrogen-bond donors (Lipinski definition) is 0. The van der Waals surface area contributed by atoms with Crippen LogP contribution in [0, 0.1) is 0 Å². The number of carbonyl (C=O) groups excluding carboxylic acids is 1. The van der Waals surface area contributed by atoms with E-state index in [2.05, 4.69) is 26.8 Å². The topological polar surface area (TPSA) is 92.2 Å². The maximum atomic E-state index is 10.6. The molecule has 1 aromatic heterocycles. The minimum absolute atomic E-state index is 0.267. The normalized spacial score (nSPS) is 14.7. The van der Waals surface area contributed by atoms with Crippen LogP contribution in [0.1, 0.15) is 19.0 Å². The van der Waals surface area contributed by atoms with Crippen LogP contribution in [-0.4, -0.2) is 92.6 Å². The fourth-order valence-corrected chi connectivity index (χ4v) is 3.05. The van der Waals surface area contributed by atoms with Crippen molar-refractivity contribution in [2.75, 3.05) is 73.0 Å². The van der Waals surface area contributed by atoms with E-state index >= 15 is 0 Å². The Morgan fingerprint density at radius 2 is 1.68 bits per heavy atom. The van der Waals surface area contributed by atoms with Crippen LogP contribution in [0.4, 0.5) is 0 Å². The zero-order chi connectivity index (χ0) is 20.0. The van der Waals surface area contributed by atoms with E-state index in [9.17, 15) is 4.79 Å². The third kappa shape index (κ3) is 9.07. The first-order chi connectivity index (χ1) is 13.7. The number of likely N-dealkylation sites (N-methyl/N-ethyl adjacent to an activating group) is 1. The van der Waals surface area contributed by atoms with E-state index in [0.29, 0.717) is 52.1 Å². The van der Waals surface area contributed by atoms with E-state index in [1.807, 2.05) is 0 Å². The second kappa shape index (κ2) is 13.6. The number of hydrogen-bond acceptors (Lipinski definition) is 10. The molecular weight excluding hydrogens is 386 g/mol. The molecule has 9 nitrogen and oxygen atoms in total. The Labute approximate surface area is 169 Å². The lowest BCUT2D eigenvalue weighted by molar-refractivity contribution is -0.142. The van der Waals surface area contributed by atoms with Gasteiger partial charge in [-0.25, -0.2) is 0 Å². The van der Waals surface area contributed by atoms with Gasteiger partial charge < -0.3 is 28.6 Å². The number of carbonyl (C=O) groups is 1. The van der Waals surface area contributed by atoms with E-state index in [4.69, 9.17) is 23.7 Å². The summed E-state index contributed by atoms with van der Waals surface area (Å²) >= 11 is 1.17. The zero-order valence-electron chi connectivity index (χ0n) is 16.6. The summed E-state index contributed by atoms with van der Waals surface area (Å²) in [5.41, 5.74) is 2.01. The first-order valence-corrected chi connectivity index (χ1v) is 10.1. The number of aromatic nitrogens is 2. The van der Waals surface area contributed by atoms with Crippen LogP contribution in [0.3, 0.4) is 0 Å². The van der Waals surface area contributed by atoms with Gasteiger partial charge in [0.25, 0.3) is 5.88 Å². The highest BCUT2D eigenvalue weighted by molar-refractivity contribution is 6.99. The lowest BCUT2D eigenvalue weighted by Crippen LogP contribution is -2.25. The average molecular weight is 416 g/mol. The number of ether oxygens (including phenoxy) is 5. The van der Waals surface area contributed by atoms with Crippen molar-refractivity contribution in [1.82, 2.24) is 13.6 Å². The third-order valence-electron chi connectivity index (χ3n) is 3.85. The molecule has 0 amide bonds. The smallest absolute Gasteiger partial charge is 0.302 e. The van der Waals surface area contributed by atoms with Gasteiger partial charge >= 0.3 is 5.97 Å². The van der Waals surface area contributed by atoms with E-state index in [1.54, 1.807) is 0 Å². The van der Waals surface area contributed by atoms with Crippen molar-refractivity contribution >= 4 is 23.3 Å². The van der Waals surface area contributed by atoms with Crippen LogP contribution >= 0.6 is 11.7 Å². The van der Waals surface area contributed by atoms with Crippen molar-refractivity contribution in [1.29, 1.82) is 0 Å². The van der Waals surface area contributed by atoms with Crippen molar-refractivity contribution in [3.05, 3.63) is 11.8 Å². The Hall–Kier alpha value is -1.59. The fourth-order valence-electron chi connectivity index (χ4n) is 2.52. The van der Waals surface area contributed by atoms with Crippen LogP contribution in [0.2, 0.25) is 0 Å². The van der Waals surface area contributed by atoms with Gasteiger partial charge in [0.1, 0.15) is 18.9 Å². The summed E-state index contributed by atoms with van der Waals surface area (Å²) in [7, 11) is 2.10.